The highest BCUT2D eigenvalue weighted by Gasteiger charge is 2.15. The van der Waals surface area contributed by atoms with Crippen LogP contribution in [0.25, 0.3) is 6.08 Å². The zero-order valence-corrected chi connectivity index (χ0v) is 22.4. The van der Waals surface area contributed by atoms with E-state index in [0.717, 1.165) is 11.1 Å². The SMILES string of the molecule is C=CCn1c(CNC(=O)C=Cc2ccc(OC)c(OC)c2)nnc1SCC(=O)Nc1cc(Cl)ccc1C. The number of hydrogen-bond acceptors (Lipinski definition) is 7. The number of anilines is 1. The minimum absolute atomic E-state index is 0.127. The van der Waals surface area contributed by atoms with E-state index in [-0.39, 0.29) is 24.1 Å². The molecule has 0 saturated carbocycles. The Morgan fingerprint density at radius 2 is 1.92 bits per heavy atom. The van der Waals surface area contributed by atoms with Crippen molar-refractivity contribution in [1.29, 1.82) is 0 Å². The number of carbonyl (C=O) groups excluding carboxylic acids is 2. The number of methoxy groups -OCH3 is 2. The summed E-state index contributed by atoms with van der Waals surface area (Å²) in [6.07, 6.45) is 4.80. The molecule has 194 valence electrons. The summed E-state index contributed by atoms with van der Waals surface area (Å²) < 4.78 is 12.3. The number of hydrogen-bond donors (Lipinski definition) is 2. The van der Waals surface area contributed by atoms with Crippen molar-refractivity contribution >= 4 is 46.9 Å². The molecule has 0 unspecified atom stereocenters. The standard InChI is InChI=1S/C26H28ClN5O4S/c1-5-12-32-23(15-28-24(33)11-8-18-7-10-21(35-3)22(13-18)36-4)30-31-26(32)37-16-25(34)29-20-14-19(27)9-6-17(20)2/h5-11,13-14H,1,12,15-16H2,2-4H3,(H,28,33)(H,29,34). The predicted molar refractivity (Wildman–Crippen MR) is 146 cm³/mol. The van der Waals surface area contributed by atoms with Crippen LogP contribution < -0.4 is 20.1 Å². The smallest absolute Gasteiger partial charge is 0.244 e. The lowest BCUT2D eigenvalue weighted by atomic mass is 10.2. The van der Waals surface area contributed by atoms with Crippen LogP contribution in [0.4, 0.5) is 5.69 Å². The first-order chi connectivity index (χ1) is 17.8. The van der Waals surface area contributed by atoms with E-state index in [1.807, 2.05) is 19.1 Å². The number of benzene rings is 2. The normalized spacial score (nSPS) is 10.8. The van der Waals surface area contributed by atoms with Crippen molar-refractivity contribution < 1.29 is 19.1 Å². The van der Waals surface area contributed by atoms with Crippen molar-refractivity contribution in [1.82, 2.24) is 20.1 Å². The molecule has 3 aromatic rings. The van der Waals surface area contributed by atoms with Crippen molar-refractivity contribution in [2.75, 3.05) is 25.3 Å². The van der Waals surface area contributed by atoms with E-state index < -0.39 is 0 Å². The summed E-state index contributed by atoms with van der Waals surface area (Å²) >= 11 is 7.27. The molecule has 0 radical (unpaired) electrons. The van der Waals surface area contributed by atoms with E-state index in [2.05, 4.69) is 27.4 Å². The molecule has 0 bridgehead atoms. The number of rotatable bonds is 12. The number of halogens is 1. The minimum atomic E-state index is -0.298. The first kappa shape index (κ1) is 27.8. The van der Waals surface area contributed by atoms with Crippen LogP contribution in [0.5, 0.6) is 11.5 Å². The number of nitrogens with zero attached hydrogens (tertiary/aromatic N) is 3. The van der Waals surface area contributed by atoms with E-state index in [9.17, 15) is 9.59 Å². The lowest BCUT2D eigenvalue weighted by Crippen LogP contribution is -2.23. The molecular formula is C26H28ClN5O4S. The van der Waals surface area contributed by atoms with Crippen molar-refractivity contribution in [2.24, 2.45) is 0 Å². The molecule has 0 fully saturated rings. The molecule has 11 heteroatoms. The Kier molecular flexibility index (Phi) is 10.2. The monoisotopic (exact) mass is 541 g/mol. The van der Waals surface area contributed by atoms with Gasteiger partial charge in [0.15, 0.2) is 22.5 Å². The molecule has 0 aliphatic carbocycles. The predicted octanol–water partition coefficient (Wildman–Crippen LogP) is 4.50. The fourth-order valence-corrected chi connectivity index (χ4v) is 4.21. The molecule has 2 N–H and O–H groups in total. The number of aryl methyl sites for hydroxylation is 1. The summed E-state index contributed by atoms with van der Waals surface area (Å²) in [5.74, 6) is 1.36. The molecule has 37 heavy (non-hydrogen) atoms. The maximum Gasteiger partial charge on any atom is 0.244 e. The highest BCUT2D eigenvalue weighted by Crippen LogP contribution is 2.28. The molecule has 2 aromatic carbocycles. The average Bonchev–Trinajstić information content (AvgIpc) is 3.28. The molecule has 0 aliphatic heterocycles. The van der Waals surface area contributed by atoms with Gasteiger partial charge in [-0.15, -0.1) is 16.8 Å². The van der Waals surface area contributed by atoms with Crippen LogP contribution in [0, 0.1) is 6.92 Å². The Balaban J connectivity index is 1.58. The highest BCUT2D eigenvalue weighted by molar-refractivity contribution is 7.99. The van der Waals surface area contributed by atoms with E-state index in [1.54, 1.807) is 55.2 Å². The number of allylic oxidation sites excluding steroid dienone is 1. The Morgan fingerprint density at radius 3 is 2.65 bits per heavy atom. The molecule has 0 aliphatic rings. The first-order valence-corrected chi connectivity index (χ1v) is 12.6. The van der Waals surface area contributed by atoms with Gasteiger partial charge < -0.3 is 24.7 Å². The van der Waals surface area contributed by atoms with E-state index in [4.69, 9.17) is 21.1 Å². The van der Waals surface area contributed by atoms with Gasteiger partial charge in [-0.3, -0.25) is 9.59 Å². The van der Waals surface area contributed by atoms with Gasteiger partial charge in [-0.2, -0.15) is 0 Å². The fraction of sp³-hybridized carbons (Fsp3) is 0.231. The maximum absolute atomic E-state index is 12.5. The van der Waals surface area contributed by atoms with E-state index in [0.29, 0.717) is 39.7 Å². The van der Waals surface area contributed by atoms with Crippen LogP contribution in [-0.4, -0.2) is 46.6 Å². The van der Waals surface area contributed by atoms with Gasteiger partial charge >= 0.3 is 0 Å². The van der Waals surface area contributed by atoms with Crippen LogP contribution in [0.2, 0.25) is 5.02 Å². The van der Waals surface area contributed by atoms with Crippen LogP contribution in [0.1, 0.15) is 17.0 Å². The fourth-order valence-electron chi connectivity index (χ4n) is 3.27. The number of aromatic nitrogens is 3. The number of nitrogens with one attached hydrogen (secondary N) is 2. The van der Waals surface area contributed by atoms with Gasteiger partial charge in [0.1, 0.15) is 0 Å². The zero-order chi connectivity index (χ0) is 26.8. The molecule has 1 aromatic heterocycles. The second-order valence-electron chi connectivity index (χ2n) is 7.76. The first-order valence-electron chi connectivity index (χ1n) is 11.2. The third-order valence-electron chi connectivity index (χ3n) is 5.17. The Bertz CT molecular complexity index is 1310. The topological polar surface area (TPSA) is 107 Å². The van der Waals surface area contributed by atoms with Crippen LogP contribution in [0.15, 0.2) is 60.3 Å². The maximum atomic E-state index is 12.5. The molecule has 0 atom stereocenters. The molecule has 0 spiro atoms. The minimum Gasteiger partial charge on any atom is -0.493 e. The van der Waals surface area contributed by atoms with Gasteiger partial charge in [-0.1, -0.05) is 41.6 Å². The average molecular weight is 542 g/mol. The number of carbonyl (C=O) groups is 2. The van der Waals surface area contributed by atoms with Crippen molar-refractivity contribution in [3.63, 3.8) is 0 Å². The van der Waals surface area contributed by atoms with Crippen molar-refractivity contribution in [3.05, 3.63) is 77.1 Å². The lowest BCUT2D eigenvalue weighted by Gasteiger charge is -2.10. The molecule has 9 nitrogen and oxygen atoms in total. The summed E-state index contributed by atoms with van der Waals surface area (Å²) in [5, 5.41) is 15.1. The molecule has 0 saturated heterocycles. The summed E-state index contributed by atoms with van der Waals surface area (Å²) in [4.78, 5) is 24.9. The second-order valence-corrected chi connectivity index (χ2v) is 9.14. The van der Waals surface area contributed by atoms with Gasteiger partial charge in [0.2, 0.25) is 11.8 Å². The van der Waals surface area contributed by atoms with Crippen LogP contribution in [0.3, 0.4) is 0 Å². The molecule has 3 rings (SSSR count). The Labute approximate surface area is 224 Å². The summed E-state index contributed by atoms with van der Waals surface area (Å²) in [6, 6.07) is 10.7. The summed E-state index contributed by atoms with van der Waals surface area (Å²) in [6.45, 7) is 6.25. The van der Waals surface area contributed by atoms with Gasteiger partial charge in [-0.05, 0) is 48.4 Å². The number of amides is 2. The zero-order valence-electron chi connectivity index (χ0n) is 20.8. The summed E-state index contributed by atoms with van der Waals surface area (Å²) in [7, 11) is 3.11. The molecular weight excluding hydrogens is 514 g/mol. The molecule has 1 heterocycles. The van der Waals surface area contributed by atoms with Gasteiger partial charge in [-0.25, -0.2) is 0 Å². The van der Waals surface area contributed by atoms with Gasteiger partial charge in [0.25, 0.3) is 0 Å². The summed E-state index contributed by atoms with van der Waals surface area (Å²) in [5.41, 5.74) is 2.36. The lowest BCUT2D eigenvalue weighted by molar-refractivity contribution is -0.116. The number of thioether (sulfide) groups is 1. The number of ether oxygens (including phenoxy) is 2. The van der Waals surface area contributed by atoms with Gasteiger partial charge in [0.05, 0.1) is 26.5 Å². The van der Waals surface area contributed by atoms with Gasteiger partial charge in [0, 0.05) is 23.3 Å². The van der Waals surface area contributed by atoms with Crippen molar-refractivity contribution in [3.8, 4) is 11.5 Å². The Morgan fingerprint density at radius 1 is 1.14 bits per heavy atom. The quantitative estimate of drug-likeness (QED) is 0.197. The third kappa shape index (κ3) is 7.86. The second kappa shape index (κ2) is 13.5. The van der Waals surface area contributed by atoms with Crippen LogP contribution in [-0.2, 0) is 22.7 Å². The van der Waals surface area contributed by atoms with E-state index in [1.165, 1.54) is 17.8 Å². The Hall–Kier alpha value is -3.76. The van der Waals surface area contributed by atoms with Crippen LogP contribution >= 0.6 is 23.4 Å². The van der Waals surface area contributed by atoms with E-state index >= 15 is 0 Å². The van der Waals surface area contributed by atoms with Crippen molar-refractivity contribution in [2.45, 2.75) is 25.2 Å². The molecule has 2 amide bonds. The highest BCUT2D eigenvalue weighted by atomic mass is 35.5. The largest absolute Gasteiger partial charge is 0.493 e. The third-order valence-corrected chi connectivity index (χ3v) is 6.37.